The quantitative estimate of drug-likeness (QED) is 0.714. The van der Waals surface area contributed by atoms with Crippen molar-refractivity contribution in [1.29, 1.82) is 5.26 Å². The van der Waals surface area contributed by atoms with Crippen molar-refractivity contribution in [1.82, 2.24) is 14.9 Å². The third-order valence-corrected chi connectivity index (χ3v) is 8.48. The normalized spacial score (nSPS) is 30.9. The van der Waals surface area contributed by atoms with Gasteiger partial charge in [0, 0.05) is 17.6 Å². The summed E-state index contributed by atoms with van der Waals surface area (Å²) in [6.07, 6.45) is 6.17. The van der Waals surface area contributed by atoms with Crippen molar-refractivity contribution in [2.75, 3.05) is 13.1 Å². The van der Waals surface area contributed by atoms with E-state index in [1.807, 2.05) is 0 Å². The average molecular weight is 435 g/mol. The SMILES string of the molecule is N#C[C@@H]1CCCN1C(=O)CNC12CCCC(NS(=O)(=O)c3ccc(F)cc3)(CC1)C2. The van der Waals surface area contributed by atoms with Gasteiger partial charge in [-0.25, -0.2) is 17.5 Å². The van der Waals surface area contributed by atoms with Crippen molar-refractivity contribution < 1.29 is 17.6 Å². The topological polar surface area (TPSA) is 102 Å². The van der Waals surface area contributed by atoms with Gasteiger partial charge < -0.3 is 10.2 Å². The minimum Gasteiger partial charge on any atom is -0.326 e. The summed E-state index contributed by atoms with van der Waals surface area (Å²) in [5, 5.41) is 12.6. The molecule has 3 fully saturated rings. The first-order chi connectivity index (χ1) is 14.3. The Bertz CT molecular complexity index is 961. The first-order valence-corrected chi connectivity index (χ1v) is 12.0. The van der Waals surface area contributed by atoms with Gasteiger partial charge in [-0.2, -0.15) is 5.26 Å². The summed E-state index contributed by atoms with van der Waals surface area (Å²) in [6, 6.07) is 6.69. The summed E-state index contributed by atoms with van der Waals surface area (Å²) in [5.74, 6) is -0.543. The monoisotopic (exact) mass is 434 g/mol. The number of nitrogens with zero attached hydrogens (tertiary/aromatic N) is 2. The Morgan fingerprint density at radius 1 is 1.17 bits per heavy atom. The smallest absolute Gasteiger partial charge is 0.241 e. The van der Waals surface area contributed by atoms with Gasteiger partial charge >= 0.3 is 0 Å². The van der Waals surface area contributed by atoms with Gasteiger partial charge in [-0.3, -0.25) is 4.79 Å². The molecule has 4 rings (SSSR count). The van der Waals surface area contributed by atoms with E-state index < -0.39 is 21.4 Å². The maximum atomic E-state index is 13.2. The number of fused-ring (bicyclic) bond motifs is 2. The van der Waals surface area contributed by atoms with Crippen LogP contribution in [0.15, 0.2) is 29.2 Å². The standard InChI is InChI=1S/C21H27FN4O3S/c22-16-4-6-18(7-5-16)30(28,29)25-21-9-2-8-20(15-21,10-11-21)24-14-19(27)26-12-1-3-17(26)13-23/h4-7,17,24-25H,1-3,8-12,14-15H2/t17-,20?,21?/m0/s1. The molecule has 1 aliphatic heterocycles. The van der Waals surface area contributed by atoms with Crippen LogP contribution in [0.5, 0.6) is 0 Å². The summed E-state index contributed by atoms with van der Waals surface area (Å²) in [6.45, 7) is 0.784. The van der Waals surface area contributed by atoms with Gasteiger partial charge in [0.05, 0.1) is 17.5 Å². The highest BCUT2D eigenvalue weighted by atomic mass is 32.2. The average Bonchev–Trinajstić information content (AvgIpc) is 3.29. The molecule has 3 atom stereocenters. The molecule has 2 unspecified atom stereocenters. The highest BCUT2D eigenvalue weighted by Crippen LogP contribution is 2.48. The van der Waals surface area contributed by atoms with Gasteiger partial charge in [-0.05, 0) is 75.6 Å². The molecule has 2 aliphatic carbocycles. The van der Waals surface area contributed by atoms with Crippen LogP contribution < -0.4 is 10.0 Å². The Balaban J connectivity index is 1.42. The number of sulfonamides is 1. The lowest BCUT2D eigenvalue weighted by atomic mass is 9.79. The van der Waals surface area contributed by atoms with E-state index in [2.05, 4.69) is 16.1 Å². The molecule has 3 aliphatic rings. The molecule has 0 radical (unpaired) electrons. The number of carbonyl (C=O) groups is 1. The lowest BCUT2D eigenvalue weighted by Gasteiger charge is -2.40. The predicted molar refractivity (Wildman–Crippen MR) is 108 cm³/mol. The Morgan fingerprint density at radius 2 is 1.87 bits per heavy atom. The molecule has 162 valence electrons. The number of rotatable bonds is 6. The second kappa shape index (κ2) is 7.91. The van der Waals surface area contributed by atoms with Crippen LogP contribution in [-0.2, 0) is 14.8 Å². The summed E-state index contributed by atoms with van der Waals surface area (Å²) in [5.41, 5.74) is -0.828. The Labute approximate surface area is 176 Å². The van der Waals surface area contributed by atoms with Crippen LogP contribution in [0.25, 0.3) is 0 Å². The predicted octanol–water partition coefficient (Wildman–Crippen LogP) is 2.05. The van der Waals surface area contributed by atoms with E-state index >= 15 is 0 Å². The molecule has 1 saturated heterocycles. The molecule has 1 aromatic carbocycles. The lowest BCUT2D eigenvalue weighted by Crippen LogP contribution is -2.55. The van der Waals surface area contributed by atoms with Crippen LogP contribution >= 0.6 is 0 Å². The molecule has 0 aromatic heterocycles. The number of nitrogens with one attached hydrogen (secondary N) is 2. The molecule has 1 aromatic rings. The number of halogens is 1. The van der Waals surface area contributed by atoms with Crippen LogP contribution in [0, 0.1) is 17.1 Å². The van der Waals surface area contributed by atoms with Gasteiger partial charge in [-0.1, -0.05) is 0 Å². The first kappa shape index (κ1) is 21.2. The van der Waals surface area contributed by atoms with Crippen molar-refractivity contribution in [3.63, 3.8) is 0 Å². The van der Waals surface area contributed by atoms with E-state index in [4.69, 9.17) is 0 Å². The minimum atomic E-state index is -3.76. The van der Waals surface area contributed by atoms with E-state index in [1.54, 1.807) is 4.90 Å². The van der Waals surface area contributed by atoms with E-state index in [0.29, 0.717) is 19.4 Å². The van der Waals surface area contributed by atoms with Crippen LogP contribution in [0.3, 0.4) is 0 Å². The Hall–Kier alpha value is -2.02. The van der Waals surface area contributed by atoms with Crippen LogP contribution in [-0.4, -0.2) is 49.4 Å². The molecule has 1 heterocycles. The van der Waals surface area contributed by atoms with E-state index in [1.165, 1.54) is 12.1 Å². The summed E-state index contributed by atoms with van der Waals surface area (Å²) in [7, 11) is -3.76. The fourth-order valence-corrected chi connectivity index (χ4v) is 6.85. The van der Waals surface area contributed by atoms with Crippen molar-refractivity contribution in [2.24, 2.45) is 0 Å². The summed E-state index contributed by atoms with van der Waals surface area (Å²) in [4.78, 5) is 14.3. The number of hydrogen-bond donors (Lipinski definition) is 2. The van der Waals surface area contributed by atoms with Crippen LogP contribution in [0.4, 0.5) is 4.39 Å². The number of carbonyl (C=O) groups excluding carboxylic acids is 1. The molecule has 9 heteroatoms. The number of amides is 1. The number of likely N-dealkylation sites (tertiary alicyclic amines) is 1. The first-order valence-electron chi connectivity index (χ1n) is 10.5. The Morgan fingerprint density at radius 3 is 2.60 bits per heavy atom. The summed E-state index contributed by atoms with van der Waals surface area (Å²) >= 11 is 0. The maximum absolute atomic E-state index is 13.2. The molecular formula is C21H27FN4O3S. The second-order valence-electron chi connectivity index (χ2n) is 8.88. The van der Waals surface area contributed by atoms with E-state index in [0.717, 1.165) is 50.7 Å². The molecule has 2 bridgehead atoms. The van der Waals surface area contributed by atoms with Gasteiger partial charge in [-0.15, -0.1) is 0 Å². The van der Waals surface area contributed by atoms with Crippen LogP contribution in [0.2, 0.25) is 0 Å². The van der Waals surface area contributed by atoms with Crippen molar-refractivity contribution in [2.45, 2.75) is 73.4 Å². The van der Waals surface area contributed by atoms with Crippen molar-refractivity contribution in [3.05, 3.63) is 30.1 Å². The zero-order chi connectivity index (χ0) is 21.4. The largest absolute Gasteiger partial charge is 0.326 e. The van der Waals surface area contributed by atoms with Crippen LogP contribution in [0.1, 0.15) is 51.4 Å². The minimum absolute atomic E-state index is 0.0565. The molecule has 7 nitrogen and oxygen atoms in total. The Kier molecular flexibility index (Phi) is 5.60. The number of nitriles is 1. The van der Waals surface area contributed by atoms with Crippen molar-refractivity contribution >= 4 is 15.9 Å². The third-order valence-electron chi connectivity index (χ3n) is 6.88. The zero-order valence-electron chi connectivity index (χ0n) is 16.9. The fraction of sp³-hybridized carbons (Fsp3) is 0.619. The lowest BCUT2D eigenvalue weighted by molar-refractivity contribution is -0.130. The summed E-state index contributed by atoms with van der Waals surface area (Å²) < 4.78 is 41.8. The molecule has 2 N–H and O–H groups in total. The second-order valence-corrected chi connectivity index (χ2v) is 10.6. The van der Waals surface area contributed by atoms with E-state index in [9.17, 15) is 22.9 Å². The van der Waals surface area contributed by atoms with Crippen molar-refractivity contribution in [3.8, 4) is 6.07 Å². The molecule has 1 amide bonds. The number of benzene rings is 1. The highest BCUT2D eigenvalue weighted by Gasteiger charge is 2.52. The van der Waals surface area contributed by atoms with Gasteiger partial charge in [0.25, 0.3) is 0 Å². The van der Waals surface area contributed by atoms with Gasteiger partial charge in [0.2, 0.25) is 15.9 Å². The maximum Gasteiger partial charge on any atom is 0.241 e. The molecular weight excluding hydrogens is 407 g/mol. The van der Waals surface area contributed by atoms with Gasteiger partial charge in [0.15, 0.2) is 0 Å². The molecule has 0 spiro atoms. The number of hydrogen-bond acceptors (Lipinski definition) is 5. The molecule has 30 heavy (non-hydrogen) atoms. The van der Waals surface area contributed by atoms with E-state index in [-0.39, 0.29) is 28.9 Å². The third kappa shape index (κ3) is 4.09. The fourth-order valence-electron chi connectivity index (χ4n) is 5.39. The highest BCUT2D eigenvalue weighted by molar-refractivity contribution is 7.89. The zero-order valence-corrected chi connectivity index (χ0v) is 17.7. The molecule has 2 saturated carbocycles. The van der Waals surface area contributed by atoms with Gasteiger partial charge in [0.1, 0.15) is 11.9 Å².